The Balaban J connectivity index is 3.39. The highest BCUT2D eigenvalue weighted by Crippen LogP contribution is 2.18. The van der Waals surface area contributed by atoms with Gasteiger partial charge in [-0.3, -0.25) is 0 Å². The van der Waals surface area contributed by atoms with E-state index in [1.165, 1.54) is 0 Å². The lowest BCUT2D eigenvalue weighted by Gasteiger charge is -2.07. The van der Waals surface area contributed by atoms with Crippen LogP contribution in [-0.2, 0) is 16.4 Å². The lowest BCUT2D eigenvalue weighted by atomic mass is 10.2. The fraction of sp³-hybridized carbons (Fsp3) is 0.400. The van der Waals surface area contributed by atoms with Crippen LogP contribution in [0.1, 0.15) is 18.1 Å². The molecule has 78 valence electrons. The van der Waals surface area contributed by atoms with E-state index >= 15 is 0 Å². The highest BCUT2D eigenvalue weighted by Gasteiger charge is 2.15. The predicted octanol–water partition coefficient (Wildman–Crippen LogP) is 1.28. The molecule has 0 bridgehead atoms. The molecule has 0 aliphatic carbocycles. The molecule has 4 heteroatoms. The van der Waals surface area contributed by atoms with Gasteiger partial charge < -0.3 is 5.11 Å². The van der Waals surface area contributed by atoms with Crippen molar-refractivity contribution in [2.45, 2.75) is 25.3 Å². The second-order valence-electron chi connectivity index (χ2n) is 3.17. The highest BCUT2D eigenvalue weighted by atomic mass is 32.2. The average molecular weight is 214 g/mol. The molecule has 0 aliphatic rings. The maximum atomic E-state index is 11.6. The van der Waals surface area contributed by atoms with Crippen LogP contribution in [0.5, 0.6) is 0 Å². The number of benzene rings is 1. The van der Waals surface area contributed by atoms with E-state index in [1.54, 1.807) is 25.1 Å². The van der Waals surface area contributed by atoms with Gasteiger partial charge >= 0.3 is 0 Å². The Bertz CT molecular complexity index is 421. The van der Waals surface area contributed by atoms with Crippen molar-refractivity contribution in [1.82, 2.24) is 0 Å². The molecule has 0 radical (unpaired) electrons. The summed E-state index contributed by atoms with van der Waals surface area (Å²) in [4.78, 5) is 0.252. The van der Waals surface area contributed by atoms with E-state index in [0.29, 0.717) is 5.56 Å². The number of sulfone groups is 1. The van der Waals surface area contributed by atoms with Gasteiger partial charge in [-0.05, 0) is 24.1 Å². The molecular formula is C10H14O3S. The molecule has 1 aromatic carbocycles. The average Bonchev–Trinajstić information content (AvgIpc) is 2.18. The zero-order valence-corrected chi connectivity index (χ0v) is 9.13. The molecule has 1 rings (SSSR count). The third-order valence-corrected chi connectivity index (χ3v) is 3.92. The summed E-state index contributed by atoms with van der Waals surface area (Å²) >= 11 is 0. The van der Waals surface area contributed by atoms with E-state index in [-0.39, 0.29) is 17.3 Å². The molecule has 0 fully saturated rings. The first kappa shape index (κ1) is 11.2. The van der Waals surface area contributed by atoms with Crippen molar-refractivity contribution in [1.29, 1.82) is 0 Å². The predicted molar refractivity (Wildman–Crippen MR) is 54.8 cm³/mol. The Hall–Kier alpha value is -0.870. The number of hydrogen-bond donors (Lipinski definition) is 1. The first-order valence-corrected chi connectivity index (χ1v) is 6.09. The molecule has 0 aliphatic heterocycles. The molecule has 0 aromatic heterocycles. The molecule has 0 saturated carbocycles. The van der Waals surface area contributed by atoms with E-state index in [0.717, 1.165) is 5.56 Å². The highest BCUT2D eigenvalue weighted by molar-refractivity contribution is 7.91. The first-order chi connectivity index (χ1) is 6.51. The molecule has 14 heavy (non-hydrogen) atoms. The lowest BCUT2D eigenvalue weighted by molar-refractivity contribution is 0.278. The maximum absolute atomic E-state index is 11.6. The topological polar surface area (TPSA) is 54.4 Å². The van der Waals surface area contributed by atoms with Gasteiger partial charge in [-0.2, -0.15) is 0 Å². The molecule has 0 heterocycles. The van der Waals surface area contributed by atoms with Gasteiger partial charge in [0.1, 0.15) is 0 Å². The van der Waals surface area contributed by atoms with Crippen molar-refractivity contribution in [3.63, 3.8) is 0 Å². The quantitative estimate of drug-likeness (QED) is 0.824. The van der Waals surface area contributed by atoms with Gasteiger partial charge in [0, 0.05) is 0 Å². The summed E-state index contributed by atoms with van der Waals surface area (Å²) in [6, 6.07) is 5.04. The maximum Gasteiger partial charge on any atom is 0.178 e. The Morgan fingerprint density at radius 2 is 2.00 bits per heavy atom. The van der Waals surface area contributed by atoms with Gasteiger partial charge in [-0.15, -0.1) is 0 Å². The van der Waals surface area contributed by atoms with Crippen LogP contribution in [0, 0.1) is 6.92 Å². The molecule has 0 unspecified atom stereocenters. The van der Waals surface area contributed by atoms with Gasteiger partial charge in [0.2, 0.25) is 0 Å². The summed E-state index contributed by atoms with van der Waals surface area (Å²) in [7, 11) is -3.22. The molecule has 0 amide bonds. The number of aliphatic hydroxyl groups excluding tert-OH is 1. The number of aryl methyl sites for hydroxylation is 1. The van der Waals surface area contributed by atoms with Crippen LogP contribution in [0.2, 0.25) is 0 Å². The monoisotopic (exact) mass is 214 g/mol. The first-order valence-electron chi connectivity index (χ1n) is 4.44. The van der Waals surface area contributed by atoms with E-state index in [1.807, 2.05) is 6.92 Å². The summed E-state index contributed by atoms with van der Waals surface area (Å²) < 4.78 is 23.2. The van der Waals surface area contributed by atoms with Crippen molar-refractivity contribution in [3.05, 3.63) is 29.3 Å². The third kappa shape index (κ3) is 2.13. The Kier molecular flexibility index (Phi) is 3.29. The van der Waals surface area contributed by atoms with Crippen LogP contribution in [0.3, 0.4) is 0 Å². The molecule has 3 nitrogen and oxygen atoms in total. The molecule has 1 aromatic rings. The minimum Gasteiger partial charge on any atom is -0.392 e. The van der Waals surface area contributed by atoms with E-state index in [4.69, 9.17) is 5.11 Å². The van der Waals surface area contributed by atoms with E-state index < -0.39 is 9.84 Å². The van der Waals surface area contributed by atoms with E-state index in [2.05, 4.69) is 0 Å². The Morgan fingerprint density at radius 3 is 2.50 bits per heavy atom. The van der Waals surface area contributed by atoms with Crippen LogP contribution in [-0.4, -0.2) is 19.3 Å². The summed E-state index contributed by atoms with van der Waals surface area (Å²) in [5.41, 5.74) is 1.35. The van der Waals surface area contributed by atoms with Crippen LogP contribution >= 0.6 is 0 Å². The Labute approximate surface area is 84.3 Å². The van der Waals surface area contributed by atoms with Crippen molar-refractivity contribution in [2.75, 3.05) is 5.75 Å². The van der Waals surface area contributed by atoms with Crippen molar-refractivity contribution < 1.29 is 13.5 Å². The van der Waals surface area contributed by atoms with Gasteiger partial charge in [-0.1, -0.05) is 19.1 Å². The number of rotatable bonds is 3. The van der Waals surface area contributed by atoms with Gasteiger partial charge in [-0.25, -0.2) is 8.42 Å². The SMILES string of the molecule is CCS(=O)(=O)c1cc(C)ccc1CO. The summed E-state index contributed by atoms with van der Waals surface area (Å²) in [6.07, 6.45) is 0. The van der Waals surface area contributed by atoms with Gasteiger partial charge in [0.15, 0.2) is 9.84 Å². The number of hydrogen-bond acceptors (Lipinski definition) is 3. The van der Waals surface area contributed by atoms with Crippen LogP contribution in [0.15, 0.2) is 23.1 Å². The summed E-state index contributed by atoms with van der Waals surface area (Å²) in [5, 5.41) is 9.00. The zero-order chi connectivity index (χ0) is 10.8. The summed E-state index contributed by atoms with van der Waals surface area (Å²) in [5.74, 6) is 0.0590. The molecule has 0 atom stereocenters. The number of aliphatic hydroxyl groups is 1. The minimum absolute atomic E-state index is 0.0590. The smallest absolute Gasteiger partial charge is 0.178 e. The third-order valence-electron chi connectivity index (χ3n) is 2.11. The van der Waals surface area contributed by atoms with Gasteiger partial charge in [0.25, 0.3) is 0 Å². The molecule has 0 spiro atoms. The van der Waals surface area contributed by atoms with Crippen molar-refractivity contribution in [3.8, 4) is 0 Å². The standard InChI is InChI=1S/C10H14O3S/c1-3-14(12,13)10-6-8(2)4-5-9(10)7-11/h4-6,11H,3,7H2,1-2H3. The fourth-order valence-electron chi connectivity index (χ4n) is 1.24. The van der Waals surface area contributed by atoms with Crippen molar-refractivity contribution >= 4 is 9.84 Å². The minimum atomic E-state index is -3.22. The second kappa shape index (κ2) is 4.11. The largest absolute Gasteiger partial charge is 0.392 e. The van der Waals surface area contributed by atoms with Crippen molar-refractivity contribution in [2.24, 2.45) is 0 Å². The zero-order valence-electron chi connectivity index (χ0n) is 8.32. The van der Waals surface area contributed by atoms with Crippen LogP contribution in [0.4, 0.5) is 0 Å². The molecule has 1 N–H and O–H groups in total. The van der Waals surface area contributed by atoms with E-state index in [9.17, 15) is 8.42 Å². The normalized spacial score (nSPS) is 11.6. The molecular weight excluding hydrogens is 200 g/mol. The summed E-state index contributed by atoms with van der Waals surface area (Å²) in [6.45, 7) is 3.18. The van der Waals surface area contributed by atoms with Gasteiger partial charge in [0.05, 0.1) is 17.3 Å². The Morgan fingerprint density at radius 1 is 1.36 bits per heavy atom. The molecule has 0 saturated heterocycles. The van der Waals surface area contributed by atoms with Crippen LogP contribution in [0.25, 0.3) is 0 Å². The fourth-order valence-corrected chi connectivity index (χ4v) is 2.45. The lowest BCUT2D eigenvalue weighted by Crippen LogP contribution is -2.07. The second-order valence-corrected chi connectivity index (χ2v) is 5.42. The van der Waals surface area contributed by atoms with Crippen LogP contribution < -0.4 is 0 Å².